The summed E-state index contributed by atoms with van der Waals surface area (Å²) in [4.78, 5) is 11.7. The van der Waals surface area contributed by atoms with E-state index in [0.717, 1.165) is 25.2 Å². The number of carbonyl (C=O) groups excluding carboxylic acids is 1. The topological polar surface area (TPSA) is 29.1 Å². The van der Waals surface area contributed by atoms with Crippen molar-refractivity contribution in [2.45, 2.75) is 12.6 Å². The SMILES string of the molecule is O=C(CC1CNC1)c1cccc(C(F)(F)F)c1. The van der Waals surface area contributed by atoms with Crippen LogP contribution < -0.4 is 5.32 Å². The summed E-state index contributed by atoms with van der Waals surface area (Å²) in [5, 5.41) is 3.02. The van der Waals surface area contributed by atoms with Crippen LogP contribution in [-0.2, 0) is 6.18 Å². The maximum absolute atomic E-state index is 12.4. The molecule has 1 fully saturated rings. The first-order valence-electron chi connectivity index (χ1n) is 5.38. The van der Waals surface area contributed by atoms with Gasteiger partial charge in [0.15, 0.2) is 5.78 Å². The van der Waals surface area contributed by atoms with Gasteiger partial charge in [-0.2, -0.15) is 13.2 Å². The fourth-order valence-electron chi connectivity index (χ4n) is 1.74. The van der Waals surface area contributed by atoms with E-state index in [0.29, 0.717) is 6.42 Å². The second-order valence-corrected chi connectivity index (χ2v) is 4.23. The minimum Gasteiger partial charge on any atom is -0.316 e. The summed E-state index contributed by atoms with van der Waals surface area (Å²) in [6, 6.07) is 4.61. The Hall–Kier alpha value is -1.36. The molecule has 0 unspecified atom stereocenters. The van der Waals surface area contributed by atoms with Gasteiger partial charge in [0.05, 0.1) is 5.56 Å². The number of carbonyl (C=O) groups is 1. The smallest absolute Gasteiger partial charge is 0.316 e. The molecule has 1 aromatic rings. The molecular weight excluding hydrogens is 231 g/mol. The summed E-state index contributed by atoms with van der Waals surface area (Å²) < 4.78 is 37.3. The molecule has 0 aromatic heterocycles. The van der Waals surface area contributed by atoms with Crippen LogP contribution in [0.5, 0.6) is 0 Å². The van der Waals surface area contributed by atoms with Crippen molar-refractivity contribution >= 4 is 5.78 Å². The summed E-state index contributed by atoms with van der Waals surface area (Å²) in [7, 11) is 0. The van der Waals surface area contributed by atoms with Crippen LogP contribution in [0.1, 0.15) is 22.3 Å². The van der Waals surface area contributed by atoms with Crippen molar-refractivity contribution in [3.63, 3.8) is 0 Å². The minimum atomic E-state index is -4.39. The highest BCUT2D eigenvalue weighted by atomic mass is 19.4. The Morgan fingerprint density at radius 2 is 2.06 bits per heavy atom. The molecule has 0 aliphatic carbocycles. The number of Topliss-reactive ketones (excluding diaryl/α,β-unsaturated/α-hetero) is 1. The molecule has 0 bridgehead atoms. The zero-order valence-electron chi connectivity index (χ0n) is 9.05. The number of nitrogens with one attached hydrogen (secondary N) is 1. The summed E-state index contributed by atoms with van der Waals surface area (Å²) in [6.45, 7) is 1.54. The maximum atomic E-state index is 12.4. The van der Waals surface area contributed by atoms with Gasteiger partial charge in [-0.25, -0.2) is 0 Å². The monoisotopic (exact) mass is 243 g/mol. The van der Waals surface area contributed by atoms with Crippen molar-refractivity contribution in [3.05, 3.63) is 35.4 Å². The molecule has 0 spiro atoms. The molecular formula is C12H12F3NO. The van der Waals surface area contributed by atoms with E-state index in [9.17, 15) is 18.0 Å². The summed E-state index contributed by atoms with van der Waals surface area (Å²) in [5.41, 5.74) is -0.623. The highest BCUT2D eigenvalue weighted by molar-refractivity contribution is 5.96. The first-order valence-corrected chi connectivity index (χ1v) is 5.38. The van der Waals surface area contributed by atoms with Gasteiger partial charge < -0.3 is 5.32 Å². The van der Waals surface area contributed by atoms with Crippen LogP contribution in [0.2, 0.25) is 0 Å². The first kappa shape index (κ1) is 12.1. The Balaban J connectivity index is 2.12. The van der Waals surface area contributed by atoms with Crippen LogP contribution in [-0.4, -0.2) is 18.9 Å². The van der Waals surface area contributed by atoms with Crippen molar-refractivity contribution in [2.24, 2.45) is 5.92 Å². The van der Waals surface area contributed by atoms with Crippen LogP contribution in [0, 0.1) is 5.92 Å². The molecule has 0 saturated carbocycles. The van der Waals surface area contributed by atoms with E-state index in [1.54, 1.807) is 0 Å². The van der Waals surface area contributed by atoms with E-state index in [1.165, 1.54) is 12.1 Å². The van der Waals surface area contributed by atoms with Gasteiger partial charge in [0, 0.05) is 12.0 Å². The van der Waals surface area contributed by atoms with Crippen molar-refractivity contribution in [2.75, 3.05) is 13.1 Å². The zero-order valence-corrected chi connectivity index (χ0v) is 9.05. The molecule has 92 valence electrons. The average molecular weight is 243 g/mol. The summed E-state index contributed by atoms with van der Waals surface area (Å²) in [5.74, 6) is 0.0413. The first-order chi connectivity index (χ1) is 7.97. The molecule has 0 atom stereocenters. The molecule has 2 nitrogen and oxygen atoms in total. The van der Waals surface area contributed by atoms with Crippen LogP contribution >= 0.6 is 0 Å². The Kier molecular flexibility index (Phi) is 3.19. The predicted octanol–water partition coefficient (Wildman–Crippen LogP) is 2.50. The second kappa shape index (κ2) is 4.49. The van der Waals surface area contributed by atoms with Crippen molar-refractivity contribution in [1.82, 2.24) is 5.32 Å². The van der Waals surface area contributed by atoms with Crippen LogP contribution in [0.25, 0.3) is 0 Å². The fraction of sp³-hybridized carbons (Fsp3) is 0.417. The third-order valence-electron chi connectivity index (χ3n) is 2.85. The molecule has 2 rings (SSSR count). The number of alkyl halides is 3. The Bertz CT molecular complexity index is 424. The van der Waals surface area contributed by atoms with E-state index < -0.39 is 11.7 Å². The lowest BCUT2D eigenvalue weighted by Gasteiger charge is -2.26. The van der Waals surface area contributed by atoms with Gasteiger partial charge >= 0.3 is 6.18 Å². The van der Waals surface area contributed by atoms with E-state index in [2.05, 4.69) is 5.32 Å². The molecule has 1 aliphatic heterocycles. The van der Waals surface area contributed by atoms with Gasteiger partial charge in [0.1, 0.15) is 0 Å². The minimum absolute atomic E-state index is 0.145. The summed E-state index contributed by atoms with van der Waals surface area (Å²) >= 11 is 0. The zero-order chi connectivity index (χ0) is 12.5. The standard InChI is InChI=1S/C12H12F3NO/c13-12(14,15)10-3-1-2-9(5-10)11(17)4-8-6-16-7-8/h1-3,5,8,16H,4,6-7H2. The van der Waals surface area contributed by atoms with E-state index in [4.69, 9.17) is 0 Å². The van der Waals surface area contributed by atoms with Gasteiger partial charge in [-0.3, -0.25) is 4.79 Å². The molecule has 1 heterocycles. The van der Waals surface area contributed by atoms with Gasteiger partial charge in [-0.1, -0.05) is 12.1 Å². The lowest BCUT2D eigenvalue weighted by molar-refractivity contribution is -0.137. The van der Waals surface area contributed by atoms with Crippen LogP contribution in [0.4, 0.5) is 13.2 Å². The predicted molar refractivity (Wildman–Crippen MR) is 56.8 cm³/mol. The van der Waals surface area contributed by atoms with Gasteiger partial charge in [0.2, 0.25) is 0 Å². The van der Waals surface area contributed by atoms with Crippen molar-refractivity contribution in [1.29, 1.82) is 0 Å². The van der Waals surface area contributed by atoms with Gasteiger partial charge in [0.25, 0.3) is 0 Å². The highest BCUT2D eigenvalue weighted by Gasteiger charge is 2.31. The number of hydrogen-bond donors (Lipinski definition) is 1. The number of rotatable bonds is 3. The van der Waals surface area contributed by atoms with Crippen LogP contribution in [0.15, 0.2) is 24.3 Å². The molecule has 0 amide bonds. The highest BCUT2D eigenvalue weighted by Crippen LogP contribution is 2.30. The molecule has 1 saturated heterocycles. The molecule has 5 heteroatoms. The molecule has 1 aromatic carbocycles. The molecule has 17 heavy (non-hydrogen) atoms. The third kappa shape index (κ3) is 2.85. The quantitative estimate of drug-likeness (QED) is 0.826. The van der Waals surface area contributed by atoms with Gasteiger partial charge in [-0.05, 0) is 31.1 Å². The van der Waals surface area contributed by atoms with Gasteiger partial charge in [-0.15, -0.1) is 0 Å². The second-order valence-electron chi connectivity index (χ2n) is 4.23. The number of ketones is 1. The van der Waals surface area contributed by atoms with Crippen LogP contribution in [0.3, 0.4) is 0 Å². The number of benzene rings is 1. The van der Waals surface area contributed by atoms with Crippen molar-refractivity contribution < 1.29 is 18.0 Å². The maximum Gasteiger partial charge on any atom is 0.416 e. The number of hydrogen-bond acceptors (Lipinski definition) is 2. The molecule has 0 radical (unpaired) electrons. The largest absolute Gasteiger partial charge is 0.416 e. The van der Waals surface area contributed by atoms with E-state index in [1.807, 2.05) is 0 Å². The normalized spacial score (nSPS) is 16.6. The summed E-state index contributed by atoms with van der Waals surface area (Å²) in [6.07, 6.45) is -4.08. The van der Waals surface area contributed by atoms with Crippen molar-refractivity contribution in [3.8, 4) is 0 Å². The Morgan fingerprint density at radius 3 is 2.59 bits per heavy atom. The lowest BCUT2D eigenvalue weighted by Crippen LogP contribution is -2.42. The average Bonchev–Trinajstić information content (AvgIpc) is 2.22. The Morgan fingerprint density at radius 1 is 1.35 bits per heavy atom. The molecule has 1 N–H and O–H groups in total. The Labute approximate surface area is 96.8 Å². The van der Waals surface area contributed by atoms with E-state index in [-0.39, 0.29) is 17.3 Å². The molecule has 1 aliphatic rings. The lowest BCUT2D eigenvalue weighted by atomic mass is 9.93. The third-order valence-corrected chi connectivity index (χ3v) is 2.85. The van der Waals surface area contributed by atoms with E-state index >= 15 is 0 Å². The fourth-order valence-corrected chi connectivity index (χ4v) is 1.74. The number of halogens is 3.